The molecule has 0 aliphatic heterocycles. The number of hydrogen-bond donors (Lipinski definition) is 2. The van der Waals surface area contributed by atoms with Crippen LogP contribution in [0.3, 0.4) is 0 Å². The van der Waals surface area contributed by atoms with Crippen molar-refractivity contribution in [3.63, 3.8) is 0 Å². The van der Waals surface area contributed by atoms with Crippen molar-refractivity contribution in [3.05, 3.63) is 35.8 Å². The molecule has 0 saturated carbocycles. The molecule has 1 heterocycles. The van der Waals surface area contributed by atoms with E-state index in [1.54, 1.807) is 17.7 Å². The average molecular weight is 250 g/mol. The zero-order valence-electron chi connectivity index (χ0n) is 9.61. The summed E-state index contributed by atoms with van der Waals surface area (Å²) in [5, 5.41) is 11.3. The molecule has 1 aromatic carbocycles. The van der Waals surface area contributed by atoms with Gasteiger partial charge in [-0.05, 0) is 24.3 Å². The summed E-state index contributed by atoms with van der Waals surface area (Å²) in [6.45, 7) is -0.450. The van der Waals surface area contributed by atoms with Crippen LogP contribution in [0.5, 0.6) is 0 Å². The first-order valence-electron chi connectivity index (χ1n) is 5.24. The van der Waals surface area contributed by atoms with Crippen LogP contribution in [0.25, 0.3) is 10.9 Å². The molecule has 0 bridgehead atoms. The van der Waals surface area contributed by atoms with Gasteiger partial charge in [0, 0.05) is 18.0 Å². The lowest BCUT2D eigenvalue weighted by Gasteiger charge is -2.04. The van der Waals surface area contributed by atoms with Gasteiger partial charge in [0.25, 0.3) is 5.91 Å². The summed E-state index contributed by atoms with van der Waals surface area (Å²) in [6.07, 6.45) is 0. The molecule has 0 fully saturated rings. The zero-order valence-corrected chi connectivity index (χ0v) is 9.61. The van der Waals surface area contributed by atoms with Crippen LogP contribution in [0.4, 0.5) is 4.39 Å². The summed E-state index contributed by atoms with van der Waals surface area (Å²) in [5.74, 6) is -2.00. The van der Waals surface area contributed by atoms with Gasteiger partial charge in [0.05, 0.1) is 0 Å². The van der Waals surface area contributed by atoms with Crippen LogP contribution < -0.4 is 5.32 Å². The number of rotatable bonds is 3. The van der Waals surface area contributed by atoms with Gasteiger partial charge in [0.2, 0.25) is 0 Å². The largest absolute Gasteiger partial charge is 0.480 e. The van der Waals surface area contributed by atoms with Crippen LogP contribution in [0.2, 0.25) is 0 Å². The van der Waals surface area contributed by atoms with Crippen molar-refractivity contribution >= 4 is 22.8 Å². The minimum Gasteiger partial charge on any atom is -0.480 e. The molecule has 0 atom stereocenters. The van der Waals surface area contributed by atoms with Crippen LogP contribution in [-0.2, 0) is 11.8 Å². The van der Waals surface area contributed by atoms with E-state index in [2.05, 4.69) is 5.32 Å². The number of halogens is 1. The molecule has 0 radical (unpaired) electrons. The molecule has 0 unspecified atom stereocenters. The lowest BCUT2D eigenvalue weighted by atomic mass is 10.2. The number of carboxylic acids is 1. The van der Waals surface area contributed by atoms with E-state index in [1.165, 1.54) is 18.2 Å². The maximum atomic E-state index is 13.0. The van der Waals surface area contributed by atoms with Gasteiger partial charge in [-0.1, -0.05) is 0 Å². The number of aliphatic carboxylic acids is 1. The van der Waals surface area contributed by atoms with E-state index in [-0.39, 0.29) is 11.5 Å². The Kier molecular flexibility index (Phi) is 3.01. The van der Waals surface area contributed by atoms with Gasteiger partial charge in [0.1, 0.15) is 18.1 Å². The third-order valence-corrected chi connectivity index (χ3v) is 2.64. The van der Waals surface area contributed by atoms with E-state index in [1.807, 2.05) is 0 Å². The van der Waals surface area contributed by atoms with Crippen molar-refractivity contribution in [2.45, 2.75) is 0 Å². The second-order valence-electron chi connectivity index (χ2n) is 3.87. The Hall–Kier alpha value is -2.37. The molecule has 2 N–H and O–H groups in total. The maximum absolute atomic E-state index is 13.0. The van der Waals surface area contributed by atoms with Crippen molar-refractivity contribution in [1.29, 1.82) is 0 Å². The zero-order chi connectivity index (χ0) is 13.3. The summed E-state index contributed by atoms with van der Waals surface area (Å²) in [6, 6.07) is 5.72. The number of hydrogen-bond acceptors (Lipinski definition) is 2. The van der Waals surface area contributed by atoms with Crippen molar-refractivity contribution in [1.82, 2.24) is 9.88 Å². The highest BCUT2D eigenvalue weighted by atomic mass is 19.1. The Bertz CT molecular complexity index is 634. The second-order valence-corrected chi connectivity index (χ2v) is 3.87. The highest BCUT2D eigenvalue weighted by Crippen LogP contribution is 2.19. The number of aromatic nitrogens is 1. The molecule has 94 valence electrons. The van der Waals surface area contributed by atoms with Gasteiger partial charge in [0.15, 0.2) is 0 Å². The molecule has 18 heavy (non-hydrogen) atoms. The molecule has 1 aromatic heterocycles. The third-order valence-electron chi connectivity index (χ3n) is 2.64. The number of amides is 1. The van der Waals surface area contributed by atoms with Gasteiger partial charge in [-0.25, -0.2) is 4.39 Å². The topological polar surface area (TPSA) is 71.3 Å². The van der Waals surface area contributed by atoms with E-state index in [0.29, 0.717) is 10.9 Å². The Morgan fingerprint density at radius 1 is 1.39 bits per heavy atom. The summed E-state index contributed by atoms with van der Waals surface area (Å²) in [7, 11) is 1.66. The van der Waals surface area contributed by atoms with E-state index in [0.717, 1.165) is 0 Å². The van der Waals surface area contributed by atoms with Crippen molar-refractivity contribution in [2.24, 2.45) is 7.05 Å². The lowest BCUT2D eigenvalue weighted by molar-refractivity contribution is -0.135. The summed E-state index contributed by atoms with van der Waals surface area (Å²) >= 11 is 0. The first kappa shape index (κ1) is 12.1. The molecule has 0 aliphatic rings. The number of fused-ring (bicyclic) bond motifs is 1. The summed E-state index contributed by atoms with van der Waals surface area (Å²) < 4.78 is 14.6. The number of aryl methyl sites for hydroxylation is 1. The highest BCUT2D eigenvalue weighted by molar-refractivity contribution is 5.99. The Morgan fingerprint density at radius 3 is 2.78 bits per heavy atom. The molecule has 2 aromatic rings. The van der Waals surface area contributed by atoms with Crippen LogP contribution in [0.15, 0.2) is 24.3 Å². The molecular weight excluding hydrogens is 239 g/mol. The minimum absolute atomic E-state index is 0.289. The van der Waals surface area contributed by atoms with E-state index >= 15 is 0 Å². The van der Waals surface area contributed by atoms with Crippen molar-refractivity contribution < 1.29 is 19.1 Å². The second kappa shape index (κ2) is 4.48. The Labute approximate surface area is 102 Å². The number of carbonyl (C=O) groups is 2. The number of carboxylic acid groups (broad SMARTS) is 1. The van der Waals surface area contributed by atoms with Gasteiger partial charge in [-0.2, -0.15) is 0 Å². The van der Waals surface area contributed by atoms with Gasteiger partial charge in [-0.3, -0.25) is 9.59 Å². The smallest absolute Gasteiger partial charge is 0.322 e. The summed E-state index contributed by atoms with van der Waals surface area (Å²) in [5.41, 5.74) is 0.994. The van der Waals surface area contributed by atoms with Crippen LogP contribution in [-0.4, -0.2) is 28.1 Å². The van der Waals surface area contributed by atoms with Gasteiger partial charge < -0.3 is 15.0 Å². The van der Waals surface area contributed by atoms with Crippen LogP contribution in [0, 0.1) is 5.82 Å². The monoisotopic (exact) mass is 250 g/mol. The predicted octanol–water partition coefficient (Wildman–Crippen LogP) is 1.13. The van der Waals surface area contributed by atoms with E-state index in [4.69, 9.17) is 5.11 Å². The SMILES string of the molecule is Cn1c(C(=O)NCC(=O)O)cc2cc(F)ccc21. The third kappa shape index (κ3) is 2.17. The fraction of sp³-hybridized carbons (Fsp3) is 0.167. The standard InChI is InChI=1S/C12H11FN2O3/c1-15-9-3-2-8(13)4-7(9)5-10(15)12(18)14-6-11(16)17/h2-5H,6H2,1H3,(H,14,18)(H,16,17). The van der Waals surface area contributed by atoms with Gasteiger partial charge in [-0.15, -0.1) is 0 Å². The van der Waals surface area contributed by atoms with E-state index < -0.39 is 18.4 Å². The number of benzene rings is 1. The molecule has 0 aliphatic carbocycles. The molecule has 0 spiro atoms. The predicted molar refractivity (Wildman–Crippen MR) is 62.8 cm³/mol. The normalized spacial score (nSPS) is 10.6. The Morgan fingerprint density at radius 2 is 2.11 bits per heavy atom. The van der Waals surface area contributed by atoms with Crippen molar-refractivity contribution in [3.8, 4) is 0 Å². The van der Waals surface area contributed by atoms with Crippen LogP contribution >= 0.6 is 0 Å². The first-order chi connectivity index (χ1) is 8.49. The molecular formula is C12H11FN2O3. The van der Waals surface area contributed by atoms with E-state index in [9.17, 15) is 14.0 Å². The fourth-order valence-corrected chi connectivity index (χ4v) is 1.78. The maximum Gasteiger partial charge on any atom is 0.322 e. The fourth-order valence-electron chi connectivity index (χ4n) is 1.78. The van der Waals surface area contributed by atoms with Crippen molar-refractivity contribution in [2.75, 3.05) is 6.54 Å². The average Bonchev–Trinajstić information content (AvgIpc) is 2.63. The number of carbonyl (C=O) groups excluding carboxylic acids is 1. The molecule has 2 rings (SSSR count). The first-order valence-corrected chi connectivity index (χ1v) is 5.24. The minimum atomic E-state index is -1.12. The lowest BCUT2D eigenvalue weighted by Crippen LogP contribution is -2.30. The van der Waals surface area contributed by atoms with Crippen LogP contribution in [0.1, 0.15) is 10.5 Å². The molecule has 1 amide bonds. The Balaban J connectivity index is 2.36. The number of nitrogens with zero attached hydrogens (tertiary/aromatic N) is 1. The highest BCUT2D eigenvalue weighted by Gasteiger charge is 2.14. The summed E-state index contributed by atoms with van der Waals surface area (Å²) in [4.78, 5) is 22.1. The quantitative estimate of drug-likeness (QED) is 0.857. The number of nitrogens with one attached hydrogen (secondary N) is 1. The molecule has 5 nitrogen and oxygen atoms in total. The molecule has 0 saturated heterocycles. The molecule has 6 heteroatoms. The van der Waals surface area contributed by atoms with Gasteiger partial charge >= 0.3 is 5.97 Å².